The molecule has 5 heterocycles. The van der Waals surface area contributed by atoms with Gasteiger partial charge in [0.25, 0.3) is 5.56 Å². The zero-order chi connectivity index (χ0) is 44.7. The van der Waals surface area contributed by atoms with E-state index in [4.69, 9.17) is 9.15 Å². The van der Waals surface area contributed by atoms with E-state index >= 15 is 0 Å². The monoisotopic (exact) mass is 863 g/mol. The highest BCUT2D eigenvalue weighted by molar-refractivity contribution is 5.92. The number of H-pyrrole nitrogens is 2. The van der Waals surface area contributed by atoms with Gasteiger partial charge in [-0.3, -0.25) is 24.4 Å². The second kappa shape index (κ2) is 19.6. The van der Waals surface area contributed by atoms with E-state index < -0.39 is 41.5 Å². The molecule has 5 N–H and O–H groups in total. The van der Waals surface area contributed by atoms with Crippen molar-refractivity contribution in [3.05, 3.63) is 105 Å². The van der Waals surface area contributed by atoms with Crippen molar-refractivity contribution in [1.82, 2.24) is 40.7 Å². The second-order valence-corrected chi connectivity index (χ2v) is 17.4. The number of para-hydroxylation sites is 1. The largest absolute Gasteiger partial charge is 0.444 e. The Balaban J connectivity index is 1.06. The molecule has 3 aromatic heterocycles. The van der Waals surface area contributed by atoms with E-state index in [0.717, 1.165) is 22.2 Å². The van der Waals surface area contributed by atoms with Crippen LogP contribution in [0.15, 0.2) is 81.0 Å². The maximum atomic E-state index is 14.5. The maximum absolute atomic E-state index is 14.5. The molecular weight excluding hydrogens is 807 g/mol. The number of unbranched alkanes of at least 4 members (excludes halogenated alkanes) is 1. The normalized spacial score (nSPS) is 15.8. The molecule has 2 aromatic carbocycles. The van der Waals surface area contributed by atoms with Gasteiger partial charge < -0.3 is 44.8 Å². The summed E-state index contributed by atoms with van der Waals surface area (Å²) in [6, 6.07) is 14.4. The van der Waals surface area contributed by atoms with Crippen molar-refractivity contribution in [3.63, 3.8) is 0 Å². The number of aromatic nitrogens is 3. The Kier molecular flexibility index (Phi) is 13.8. The Bertz CT molecular complexity index is 2530. The average Bonchev–Trinajstić information content (AvgIpc) is 3.65. The number of carbonyl (C=O) groups excluding carboxylic acids is 4. The number of hydrogen-bond acceptors (Lipinski definition) is 10. The molecule has 2 aliphatic rings. The number of carbonyl (C=O) groups is 4. The van der Waals surface area contributed by atoms with Crippen LogP contribution in [0.25, 0.3) is 22.0 Å². The van der Waals surface area contributed by atoms with Gasteiger partial charge in [0.15, 0.2) is 5.58 Å². The molecule has 0 radical (unpaired) electrons. The lowest BCUT2D eigenvalue weighted by atomic mass is 9.89. The molecule has 5 amide bonds. The summed E-state index contributed by atoms with van der Waals surface area (Å²) in [5, 5.41) is 9.66. The van der Waals surface area contributed by atoms with Crippen molar-refractivity contribution < 1.29 is 28.3 Å². The van der Waals surface area contributed by atoms with Crippen LogP contribution in [0.5, 0.6) is 0 Å². The fraction of sp³-hybridized carbons (Fsp3) is 0.457. The minimum atomic E-state index is -1.12. The number of aromatic amines is 2. The highest BCUT2D eigenvalue weighted by Gasteiger charge is 2.33. The molecule has 17 heteroatoms. The number of aryl methyl sites for hydroxylation is 1. The maximum Gasteiger partial charge on any atom is 0.417 e. The molecule has 0 bridgehead atoms. The van der Waals surface area contributed by atoms with E-state index in [1.807, 2.05) is 55.5 Å². The van der Waals surface area contributed by atoms with Crippen molar-refractivity contribution in [1.29, 1.82) is 0 Å². The van der Waals surface area contributed by atoms with Crippen LogP contribution < -0.4 is 32.2 Å². The molecule has 334 valence electrons. The summed E-state index contributed by atoms with van der Waals surface area (Å²) in [5.41, 5.74) is 3.90. The van der Waals surface area contributed by atoms with Crippen molar-refractivity contribution in [2.45, 2.75) is 89.8 Å². The summed E-state index contributed by atoms with van der Waals surface area (Å²) in [5.74, 6) is -1.44. The number of oxazole rings is 1. The molecule has 0 aliphatic carbocycles. The smallest absolute Gasteiger partial charge is 0.417 e. The predicted molar refractivity (Wildman–Crippen MR) is 239 cm³/mol. The number of piperazine rings is 1. The van der Waals surface area contributed by atoms with Crippen LogP contribution in [0.2, 0.25) is 0 Å². The van der Waals surface area contributed by atoms with Crippen molar-refractivity contribution in [2.75, 3.05) is 50.7 Å². The molecule has 0 spiro atoms. The fourth-order valence-corrected chi connectivity index (χ4v) is 8.43. The molecular formula is C46H57N9O8. The van der Waals surface area contributed by atoms with Gasteiger partial charge in [0.05, 0.1) is 5.52 Å². The Morgan fingerprint density at radius 3 is 2.33 bits per heavy atom. The lowest BCUT2D eigenvalue weighted by molar-refractivity contribution is -0.137. The van der Waals surface area contributed by atoms with E-state index in [1.165, 1.54) is 0 Å². The Morgan fingerprint density at radius 1 is 0.873 bits per heavy atom. The number of pyridine rings is 2. The number of anilines is 1. The first-order chi connectivity index (χ1) is 30.2. The molecule has 17 nitrogen and oxygen atoms in total. The number of hydrogen-bond donors (Lipinski definition) is 5. The number of urea groups is 1. The quantitative estimate of drug-likeness (QED) is 0.103. The zero-order valence-corrected chi connectivity index (χ0v) is 36.3. The second-order valence-electron chi connectivity index (χ2n) is 17.4. The van der Waals surface area contributed by atoms with E-state index in [2.05, 4.69) is 35.8 Å². The molecule has 2 fully saturated rings. The third-order valence-electron chi connectivity index (χ3n) is 11.7. The topological polar surface area (TPSA) is 215 Å². The summed E-state index contributed by atoms with van der Waals surface area (Å²) in [6.07, 6.45) is 5.39. The van der Waals surface area contributed by atoms with Gasteiger partial charge in [-0.25, -0.2) is 14.4 Å². The van der Waals surface area contributed by atoms with Crippen LogP contribution in [0.4, 0.5) is 15.3 Å². The van der Waals surface area contributed by atoms with Gasteiger partial charge in [0.2, 0.25) is 11.8 Å². The number of benzene rings is 2. The fourth-order valence-electron chi connectivity index (χ4n) is 8.43. The highest BCUT2D eigenvalue weighted by atomic mass is 16.6. The molecule has 2 saturated heterocycles. The van der Waals surface area contributed by atoms with E-state index in [9.17, 15) is 28.8 Å². The first-order valence-electron chi connectivity index (χ1n) is 21.7. The first kappa shape index (κ1) is 44.4. The molecule has 0 unspecified atom stereocenters. The minimum Gasteiger partial charge on any atom is -0.444 e. The molecule has 7 rings (SSSR count). The minimum absolute atomic E-state index is 0.0392. The van der Waals surface area contributed by atoms with E-state index in [1.54, 1.807) is 49.0 Å². The number of nitrogens with one attached hydrogen (secondary N) is 5. The number of alkyl carbamates (subject to hydrolysis) is 1. The molecule has 5 aromatic rings. The summed E-state index contributed by atoms with van der Waals surface area (Å²) < 4.78 is 10.7. The SMILES string of the molecule is Cc1cc(C[C@@H](NC(=O)N2CCC(c3cc4ccccc4[nH]c3=O)CC2)C(=O)N[C@@H](CCCCNC(=O)OC(C)(C)C)C(=O)N2CCN(c3ccncc3)CC2)cc2oc(=O)[nH]c12. The van der Waals surface area contributed by atoms with Gasteiger partial charge >= 0.3 is 17.9 Å². The third kappa shape index (κ3) is 11.4. The number of ether oxygens (including phenoxy) is 1. The first-order valence-corrected chi connectivity index (χ1v) is 21.7. The standard InChI is InChI=1S/C46H57N9O8/c1-29-25-30(27-38-39(29)52-45(61)62-38)26-37(51-43(59)55-19-14-31(15-20-55)34-28-32-9-5-6-10-35(32)49-40(34)56)41(57)50-36(11-7-8-16-48-44(60)63-46(2,3)4)42(58)54-23-21-53(22-24-54)33-12-17-47-18-13-33/h5-6,9-10,12-13,17-18,25,27-28,31,36-37H,7-8,11,14-16,19-24,26H2,1-4H3,(H,48,60)(H,49,56)(H,50,57)(H,51,59)(H,52,61)/t36-,37+/m0/s1. The number of piperidine rings is 1. The van der Waals surface area contributed by atoms with Gasteiger partial charge in [0, 0.05) is 81.4 Å². The van der Waals surface area contributed by atoms with Crippen molar-refractivity contribution in [3.8, 4) is 0 Å². The van der Waals surface area contributed by atoms with Gasteiger partial charge in [-0.15, -0.1) is 0 Å². The molecule has 63 heavy (non-hydrogen) atoms. The number of nitrogens with zero attached hydrogens (tertiary/aromatic N) is 4. The third-order valence-corrected chi connectivity index (χ3v) is 11.7. The molecule has 0 saturated carbocycles. The summed E-state index contributed by atoms with van der Waals surface area (Å²) in [6.45, 7) is 10.3. The van der Waals surface area contributed by atoms with Crippen molar-refractivity contribution in [2.24, 2.45) is 0 Å². The van der Waals surface area contributed by atoms with E-state index in [-0.39, 0.29) is 30.2 Å². The van der Waals surface area contributed by atoms with Crippen LogP contribution in [0.1, 0.15) is 75.5 Å². The van der Waals surface area contributed by atoms with Crippen LogP contribution in [0.3, 0.4) is 0 Å². The molecule has 2 atom stereocenters. The Labute approximate surface area is 364 Å². The zero-order valence-electron chi connectivity index (χ0n) is 36.3. The van der Waals surface area contributed by atoms with E-state index in [0.29, 0.717) is 93.7 Å². The van der Waals surface area contributed by atoms with Gasteiger partial charge in [0.1, 0.15) is 17.7 Å². The van der Waals surface area contributed by atoms with Crippen LogP contribution in [-0.2, 0) is 20.7 Å². The van der Waals surface area contributed by atoms with Crippen LogP contribution >= 0.6 is 0 Å². The summed E-state index contributed by atoms with van der Waals surface area (Å²) >= 11 is 0. The molecule has 2 aliphatic heterocycles. The Morgan fingerprint density at radius 2 is 1.60 bits per heavy atom. The number of fused-ring (bicyclic) bond motifs is 2. The summed E-state index contributed by atoms with van der Waals surface area (Å²) in [4.78, 5) is 95.7. The number of rotatable bonds is 13. The lowest BCUT2D eigenvalue weighted by Gasteiger charge is -2.38. The summed E-state index contributed by atoms with van der Waals surface area (Å²) in [7, 11) is 0. The number of amides is 5. The number of likely N-dealkylation sites (tertiary alicyclic amines) is 1. The lowest BCUT2D eigenvalue weighted by Crippen LogP contribution is -2.59. The predicted octanol–water partition coefficient (Wildman–Crippen LogP) is 4.69. The van der Waals surface area contributed by atoms with Crippen molar-refractivity contribution >= 4 is 51.6 Å². The highest BCUT2D eigenvalue weighted by Crippen LogP contribution is 2.28. The Hall–Kier alpha value is -6.65. The van der Waals surface area contributed by atoms with Crippen LogP contribution in [-0.4, -0.2) is 112 Å². The van der Waals surface area contributed by atoms with Gasteiger partial charge in [-0.2, -0.15) is 0 Å². The van der Waals surface area contributed by atoms with Gasteiger partial charge in [-0.1, -0.05) is 24.3 Å². The van der Waals surface area contributed by atoms with Crippen LogP contribution in [0, 0.1) is 6.92 Å². The average molecular weight is 864 g/mol. The van der Waals surface area contributed by atoms with Gasteiger partial charge in [-0.05, 0) is 113 Å².